The van der Waals surface area contributed by atoms with Crippen LogP contribution in [0.1, 0.15) is 0 Å². The topological polar surface area (TPSA) is 37.2 Å². The fraction of sp³-hybridized carbons (Fsp3) is 0. The van der Waals surface area contributed by atoms with Crippen LogP contribution in [0, 0.1) is 0 Å². The van der Waals surface area contributed by atoms with Crippen LogP contribution in [0.25, 0.3) is 28.5 Å². The zero-order chi connectivity index (χ0) is 49.8. The molecule has 0 radical (unpaired) electrons. The molecule has 0 bridgehead atoms. The molecule has 0 N–H and O–H groups in total. The lowest BCUT2D eigenvalue weighted by Gasteiger charge is -2.45. The van der Waals surface area contributed by atoms with E-state index >= 15 is 0 Å². The summed E-state index contributed by atoms with van der Waals surface area (Å²) in [5.74, 6) is 1.43. The highest BCUT2D eigenvalue weighted by atomic mass is 28.3. The predicted octanol–water partition coefficient (Wildman–Crippen LogP) is 10.9. The Kier molecular flexibility index (Phi) is 10.8. The van der Waals surface area contributed by atoms with Gasteiger partial charge in [-0.05, 0) is 126 Å². The predicted molar refractivity (Wildman–Crippen MR) is 316 cm³/mol. The van der Waals surface area contributed by atoms with Crippen LogP contribution in [-0.4, -0.2) is 30.9 Å². The van der Waals surface area contributed by atoms with Crippen molar-refractivity contribution in [2.75, 3.05) is 9.80 Å². The Labute approximate surface area is 439 Å². The van der Waals surface area contributed by atoms with E-state index in [1.807, 2.05) is 10.7 Å². The Morgan fingerprint density at radius 3 is 0.893 bits per heavy atom. The van der Waals surface area contributed by atoms with Crippen LogP contribution < -0.4 is 51.3 Å². The molecule has 7 heteroatoms. The third-order valence-electron chi connectivity index (χ3n) is 15.4. The van der Waals surface area contributed by atoms with Gasteiger partial charge >= 0.3 is 0 Å². The van der Waals surface area contributed by atoms with Crippen molar-refractivity contribution in [3.63, 3.8) is 0 Å². The van der Waals surface area contributed by atoms with Crippen LogP contribution >= 0.6 is 0 Å². The van der Waals surface area contributed by atoms with E-state index < -0.39 is 16.1 Å². The number of benzene rings is 11. The van der Waals surface area contributed by atoms with E-state index in [0.717, 1.165) is 34.0 Å². The van der Waals surface area contributed by atoms with Gasteiger partial charge in [0, 0.05) is 45.3 Å². The maximum absolute atomic E-state index is 5.36. The Morgan fingerprint density at radius 2 is 0.547 bits per heavy atom. The summed E-state index contributed by atoms with van der Waals surface area (Å²) in [5, 5.41) is 16.2. The third-order valence-corrected chi connectivity index (χ3v) is 25.1. The first-order valence-corrected chi connectivity index (χ1v) is 29.7. The number of aromatic nitrogens is 3. The van der Waals surface area contributed by atoms with Crippen LogP contribution in [0.5, 0.6) is 0 Å². The van der Waals surface area contributed by atoms with Crippen molar-refractivity contribution in [1.82, 2.24) is 14.8 Å². The number of hydrogen-bond donors (Lipinski definition) is 0. The van der Waals surface area contributed by atoms with Crippen LogP contribution in [0.3, 0.4) is 0 Å². The Balaban J connectivity index is 0.852. The van der Waals surface area contributed by atoms with Crippen molar-refractivity contribution in [3.05, 3.63) is 297 Å². The van der Waals surface area contributed by atoms with Crippen LogP contribution in [0.15, 0.2) is 297 Å². The molecule has 354 valence electrons. The fourth-order valence-corrected chi connectivity index (χ4v) is 22.5. The first-order chi connectivity index (χ1) is 37.2. The largest absolute Gasteiger partial charge is 0.311 e. The van der Waals surface area contributed by atoms with E-state index in [4.69, 9.17) is 10.1 Å². The van der Waals surface area contributed by atoms with Crippen LogP contribution in [-0.2, 0) is 0 Å². The summed E-state index contributed by atoms with van der Waals surface area (Å²) < 4.78 is 1.98. The Hall–Kier alpha value is -9.41. The van der Waals surface area contributed by atoms with Crippen molar-refractivity contribution in [2.24, 2.45) is 0 Å². The molecule has 5 nitrogen and oxygen atoms in total. The average molecular weight is 992 g/mol. The Bertz CT molecular complexity index is 3820. The first kappa shape index (κ1) is 44.3. The highest BCUT2D eigenvalue weighted by Crippen LogP contribution is 2.41. The first-order valence-electron chi connectivity index (χ1n) is 25.7. The molecule has 0 saturated carbocycles. The summed E-state index contributed by atoms with van der Waals surface area (Å²) in [6, 6.07) is 109. The summed E-state index contributed by atoms with van der Waals surface area (Å²) in [7, 11) is -5.45. The number of hydrogen-bond acceptors (Lipinski definition) is 4. The van der Waals surface area contributed by atoms with E-state index in [9.17, 15) is 0 Å². The van der Waals surface area contributed by atoms with Gasteiger partial charge in [0.05, 0.1) is 5.69 Å². The molecule has 0 unspecified atom stereocenters. The normalized spacial score (nSPS) is 13.8. The van der Waals surface area contributed by atoms with Gasteiger partial charge in [-0.3, -0.25) is 0 Å². The maximum atomic E-state index is 5.36. The second-order valence-electron chi connectivity index (χ2n) is 19.3. The lowest BCUT2D eigenvalue weighted by molar-refractivity contribution is 0.890. The van der Waals surface area contributed by atoms with Gasteiger partial charge in [-0.1, -0.05) is 212 Å². The molecule has 14 rings (SSSR count). The molecule has 12 aromatic rings. The highest BCUT2D eigenvalue weighted by Gasteiger charge is 2.50. The maximum Gasteiger partial charge on any atom is 0.184 e. The summed E-state index contributed by atoms with van der Waals surface area (Å²) in [4.78, 5) is 10.3. The molecule has 2 aliphatic heterocycles. The average Bonchev–Trinajstić information content (AvgIpc) is 3.96. The van der Waals surface area contributed by atoms with Gasteiger partial charge in [-0.15, -0.1) is 5.10 Å². The molecule has 0 atom stereocenters. The molecule has 0 fully saturated rings. The van der Waals surface area contributed by atoms with Crippen molar-refractivity contribution >= 4 is 91.8 Å². The molecular weight excluding hydrogens is 943 g/mol. The summed E-state index contributed by atoms with van der Waals surface area (Å²) in [6.07, 6.45) is 0. The van der Waals surface area contributed by atoms with Crippen LogP contribution in [0.4, 0.5) is 34.1 Å². The van der Waals surface area contributed by atoms with Crippen molar-refractivity contribution in [1.29, 1.82) is 0 Å². The molecule has 3 heterocycles. The van der Waals surface area contributed by atoms with E-state index in [1.54, 1.807) is 0 Å². The molecule has 0 saturated heterocycles. The quantitative estimate of drug-likeness (QED) is 0.135. The lowest BCUT2D eigenvalue weighted by atomic mass is 10.1. The number of rotatable bonds is 9. The molecular formula is C68H49N5Si2. The van der Waals surface area contributed by atoms with E-state index in [-0.39, 0.29) is 0 Å². The minimum atomic E-state index is -2.73. The van der Waals surface area contributed by atoms with Gasteiger partial charge in [0.25, 0.3) is 0 Å². The fourth-order valence-electron chi connectivity index (χ4n) is 12.3. The molecule has 11 aromatic carbocycles. The van der Waals surface area contributed by atoms with E-state index in [1.165, 1.54) is 64.2 Å². The standard InChI is InChI=1S/C68H49N5Si2/c1-6-24-54(25-7-1)73-68(51-44-48-53(49-45-51)72-61-36-18-22-40-65(61)75(57-30-12-4-13-31-57,58-32-14-5-15-33-58)66-41-23-19-37-62(66)72)69-67(70-73)50-42-46-52(47-43-50)71-59-34-16-20-38-63(59)74(55-26-8-2-9-27-55,56-28-10-3-11-29-56)64-39-21-17-35-60(64)71/h1-49H. The number of para-hydroxylation sites is 5. The van der Waals surface area contributed by atoms with Crippen LogP contribution in [0.2, 0.25) is 0 Å². The monoisotopic (exact) mass is 991 g/mol. The number of fused-ring (bicyclic) bond motifs is 4. The molecule has 75 heavy (non-hydrogen) atoms. The summed E-state index contributed by atoms with van der Waals surface area (Å²) >= 11 is 0. The van der Waals surface area contributed by atoms with E-state index in [2.05, 4.69) is 301 Å². The van der Waals surface area contributed by atoms with Crippen molar-refractivity contribution < 1.29 is 0 Å². The number of anilines is 6. The minimum Gasteiger partial charge on any atom is -0.311 e. The second kappa shape index (κ2) is 18.3. The SMILES string of the molecule is c1ccc(-n2nc(-c3ccc(N4c5ccccc5[Si](c5ccccc5)(c5ccccc5)c5ccccc54)cc3)nc2-c2ccc(N3c4ccccc4[Si](c4ccccc4)(c4ccccc4)c4ccccc43)cc2)cc1. The zero-order valence-corrected chi connectivity index (χ0v) is 43.0. The van der Waals surface area contributed by atoms with Gasteiger partial charge in [0.2, 0.25) is 0 Å². The van der Waals surface area contributed by atoms with Crippen molar-refractivity contribution in [2.45, 2.75) is 0 Å². The van der Waals surface area contributed by atoms with Gasteiger partial charge in [0.1, 0.15) is 0 Å². The third kappa shape index (κ3) is 6.97. The zero-order valence-electron chi connectivity index (χ0n) is 41.0. The molecule has 0 aliphatic carbocycles. The summed E-state index contributed by atoms with van der Waals surface area (Å²) in [6.45, 7) is 0. The lowest BCUT2D eigenvalue weighted by Crippen LogP contribution is -2.77. The van der Waals surface area contributed by atoms with Gasteiger partial charge in [-0.25, -0.2) is 9.67 Å². The second-order valence-corrected chi connectivity index (χ2v) is 26.8. The molecule has 0 spiro atoms. The van der Waals surface area contributed by atoms with Gasteiger partial charge in [-0.2, -0.15) is 0 Å². The minimum absolute atomic E-state index is 0.658. The van der Waals surface area contributed by atoms with E-state index in [0.29, 0.717) is 5.82 Å². The molecule has 0 amide bonds. The number of nitrogens with zero attached hydrogens (tertiary/aromatic N) is 5. The van der Waals surface area contributed by atoms with Crippen molar-refractivity contribution in [3.8, 4) is 28.5 Å². The molecule has 2 aliphatic rings. The highest BCUT2D eigenvalue weighted by molar-refractivity contribution is 7.22. The Morgan fingerprint density at radius 1 is 0.253 bits per heavy atom. The smallest absolute Gasteiger partial charge is 0.184 e. The summed E-state index contributed by atoms with van der Waals surface area (Å²) in [5.41, 5.74) is 9.81. The van der Waals surface area contributed by atoms with Gasteiger partial charge < -0.3 is 9.80 Å². The molecule has 1 aromatic heterocycles. The van der Waals surface area contributed by atoms with Gasteiger partial charge in [0.15, 0.2) is 27.8 Å².